The van der Waals surface area contributed by atoms with E-state index in [9.17, 15) is 64.9 Å². The summed E-state index contributed by atoms with van der Waals surface area (Å²) in [6.07, 6.45) is 12.3. The number of carboxylic acid groups (broad SMARTS) is 2. The number of hydrogen-bond donors (Lipinski definition) is 6. The monoisotopic (exact) mass is 1660 g/mol. The van der Waals surface area contributed by atoms with E-state index in [1.54, 1.807) is 31.2 Å². The number of ketones is 2. The fourth-order valence-corrected chi connectivity index (χ4v) is 13.7. The number of rotatable bonds is 40. The molecule has 3 amide bonds. The Morgan fingerprint density at radius 3 is 1.82 bits per heavy atom. The van der Waals surface area contributed by atoms with E-state index in [0.29, 0.717) is 68.8 Å². The Morgan fingerprint density at radius 1 is 0.643 bits per heavy atom. The molecular formula is C74H93N5O28S5. The Hall–Kier alpha value is -9.89. The minimum Gasteiger partial charge on any atom is -0.748 e. The molecule has 2 heterocycles. The van der Waals surface area contributed by atoms with Gasteiger partial charge in [-0.15, -0.1) is 37.9 Å². The number of unbranched alkanes of at least 4 members (excludes halogenated alkanes) is 2. The van der Waals surface area contributed by atoms with Crippen LogP contribution in [0.15, 0.2) is 150 Å². The molecule has 0 fully saturated rings. The molecule has 0 aromatic heterocycles. The quantitative estimate of drug-likeness (QED) is 0.0159. The maximum absolute atomic E-state index is 14.2. The lowest BCUT2D eigenvalue weighted by molar-refractivity contribution is -0.438. The summed E-state index contributed by atoms with van der Waals surface area (Å²) in [4.78, 5) is 94.7. The molecule has 3 aliphatic rings. The minimum absolute atomic E-state index is 0.00565. The minimum atomic E-state index is -4.39. The molecule has 0 spiro atoms. The molecule has 4 aromatic carbocycles. The van der Waals surface area contributed by atoms with E-state index < -0.39 is 116 Å². The van der Waals surface area contributed by atoms with Gasteiger partial charge in [-0.2, -0.15) is 22.6 Å². The Morgan fingerprint density at radius 2 is 1.22 bits per heavy atom. The summed E-state index contributed by atoms with van der Waals surface area (Å²) in [5.74, 6) is -4.37. The summed E-state index contributed by atoms with van der Waals surface area (Å²) in [5.41, 5.74) is 8.49. The third-order valence-electron chi connectivity index (χ3n) is 17.7. The number of Topliss-reactive ketones (excluding diaryl/α,β-unsaturated/α-hetero) is 2. The zero-order valence-electron chi connectivity index (χ0n) is 62.3. The van der Waals surface area contributed by atoms with E-state index in [2.05, 4.69) is 95.6 Å². The third-order valence-corrected chi connectivity index (χ3v) is 19.3. The molecule has 0 radical (unpaired) electrons. The average Bonchev–Trinajstić information content (AvgIpc) is 1.60. The van der Waals surface area contributed by atoms with Gasteiger partial charge in [0.2, 0.25) is 11.6 Å². The van der Waals surface area contributed by atoms with Crippen molar-refractivity contribution in [3.8, 4) is 5.75 Å². The van der Waals surface area contributed by atoms with E-state index in [0.717, 1.165) is 57.0 Å². The van der Waals surface area contributed by atoms with Crippen LogP contribution in [-0.2, 0) is 119 Å². The largest absolute Gasteiger partial charge is 0.748 e. The second kappa shape index (κ2) is 48.8. The highest BCUT2D eigenvalue weighted by Gasteiger charge is 2.44. The van der Waals surface area contributed by atoms with Gasteiger partial charge >= 0.3 is 55.9 Å². The van der Waals surface area contributed by atoms with Gasteiger partial charge in [-0.25, -0.2) is 18.0 Å². The molecule has 112 heavy (non-hydrogen) atoms. The number of nitrogens with zero attached hydrogens (tertiary/aromatic N) is 2. The van der Waals surface area contributed by atoms with Crippen LogP contribution in [0.5, 0.6) is 5.75 Å². The van der Waals surface area contributed by atoms with Crippen LogP contribution < -0.4 is 25.6 Å². The number of para-hydroxylation sites is 2. The fourth-order valence-electron chi connectivity index (χ4n) is 12.6. The van der Waals surface area contributed by atoms with Gasteiger partial charge in [-0.05, 0) is 143 Å². The summed E-state index contributed by atoms with van der Waals surface area (Å²) >= 11 is 0. The lowest BCUT2D eigenvalue weighted by Crippen LogP contribution is -2.46. The van der Waals surface area contributed by atoms with Crippen LogP contribution >= 0.6 is 0 Å². The molecule has 38 heteroatoms. The van der Waals surface area contributed by atoms with Crippen LogP contribution in [0, 0.1) is 5.92 Å². The zero-order valence-corrected chi connectivity index (χ0v) is 66.4. The Labute approximate surface area is 654 Å². The number of fused-ring (bicyclic) bond motifs is 2. The predicted molar refractivity (Wildman–Crippen MR) is 403 cm³/mol. The molecule has 4 aromatic rings. The predicted octanol–water partition coefficient (Wildman–Crippen LogP) is 6.40. The number of aliphatic carboxylic acids is 2. The Balaban J connectivity index is 0.00000199. The van der Waals surface area contributed by atoms with E-state index in [-0.39, 0.29) is 102 Å². The Kier molecular flexibility index (Phi) is 42.0. The summed E-state index contributed by atoms with van der Waals surface area (Å²) < 4.78 is 164. The zero-order chi connectivity index (χ0) is 83.8. The SMILES string of the molecule is CCNC(=O)N[C@@H](CCC(=O)CCCOCCOCCC(=O)N[C@@H](Cc1ccccc1)C(=O)C[C@@H](Cc1ccc(OC2=C(C=CC3=[N+](CCCCS(=O)(=O)O)c4ccccc4C3(C)C)CCCC2=CC=C2N(CCCCS(=O)(=O)[O-])c3ccccc3C2(C)C)cc1)C(=O)O)C(=O)O.O=C=O.O=S(=O)=O.O=S(=O)=O.O=S(=O)=O. The first kappa shape index (κ1) is 96.3. The van der Waals surface area contributed by atoms with E-state index in [1.807, 2.05) is 60.7 Å². The van der Waals surface area contributed by atoms with Crippen LogP contribution in [0.2, 0.25) is 0 Å². The number of nitrogens with one attached hydrogen (secondary N) is 3. The molecule has 0 bridgehead atoms. The highest BCUT2D eigenvalue weighted by Crippen LogP contribution is 2.48. The second-order valence-electron chi connectivity index (χ2n) is 26.4. The van der Waals surface area contributed by atoms with Crippen molar-refractivity contribution in [1.82, 2.24) is 16.0 Å². The van der Waals surface area contributed by atoms with Gasteiger partial charge in [0, 0.05) is 92.1 Å². The lowest BCUT2D eigenvalue weighted by atomic mass is 9.81. The number of urea groups is 1. The first-order chi connectivity index (χ1) is 52.8. The molecule has 6 N–H and O–H groups in total. The summed E-state index contributed by atoms with van der Waals surface area (Å²) in [6, 6.07) is 29.5. The molecule has 0 saturated carbocycles. The van der Waals surface area contributed by atoms with Crippen molar-refractivity contribution in [2.75, 3.05) is 62.5 Å². The smallest absolute Gasteiger partial charge is 0.425 e. The van der Waals surface area contributed by atoms with Crippen molar-refractivity contribution >= 4 is 111 Å². The number of benzene rings is 4. The number of anilines is 1. The number of hydrogen-bond acceptors (Lipinski definition) is 26. The number of allylic oxidation sites excluding steroid dienone is 7. The van der Waals surface area contributed by atoms with Gasteiger partial charge in [0.15, 0.2) is 11.5 Å². The average molecular weight is 1660 g/mol. The first-order valence-electron chi connectivity index (χ1n) is 35.2. The number of carbonyl (C=O) groups excluding carboxylic acids is 6. The van der Waals surface area contributed by atoms with Crippen LogP contribution in [0.4, 0.5) is 16.2 Å². The highest BCUT2D eigenvalue weighted by molar-refractivity contribution is 7.86. The van der Waals surface area contributed by atoms with Crippen LogP contribution in [-0.4, -0.2) is 196 Å². The topological polar surface area (TPSA) is 512 Å². The Bertz CT molecular complexity index is 4610. The van der Waals surface area contributed by atoms with E-state index in [1.165, 1.54) is 0 Å². The number of carboxylic acids is 2. The molecule has 2 aliphatic heterocycles. The highest BCUT2D eigenvalue weighted by atomic mass is 32.2. The molecule has 612 valence electrons. The number of ether oxygens (including phenoxy) is 3. The maximum Gasteiger partial charge on any atom is 0.425 e. The molecule has 33 nitrogen and oxygen atoms in total. The lowest BCUT2D eigenvalue weighted by Gasteiger charge is -2.28. The summed E-state index contributed by atoms with van der Waals surface area (Å²) in [5, 5.41) is 27.6. The van der Waals surface area contributed by atoms with Crippen molar-refractivity contribution < 1.29 is 131 Å². The van der Waals surface area contributed by atoms with E-state index >= 15 is 0 Å². The molecule has 1 aliphatic carbocycles. The van der Waals surface area contributed by atoms with Gasteiger partial charge in [0.05, 0.1) is 53.1 Å². The van der Waals surface area contributed by atoms with Gasteiger partial charge in [0.25, 0.3) is 10.1 Å². The van der Waals surface area contributed by atoms with Crippen LogP contribution in [0.1, 0.15) is 140 Å². The number of carbonyl (C=O) groups is 6. The van der Waals surface area contributed by atoms with Crippen molar-refractivity contribution in [2.24, 2.45) is 5.92 Å². The van der Waals surface area contributed by atoms with Gasteiger partial charge in [-0.1, -0.05) is 98.8 Å². The van der Waals surface area contributed by atoms with Crippen molar-refractivity contribution in [1.29, 1.82) is 0 Å². The summed E-state index contributed by atoms with van der Waals surface area (Å²) in [6.45, 7) is 12.2. The van der Waals surface area contributed by atoms with Crippen LogP contribution in [0.25, 0.3) is 0 Å². The number of amides is 3. The maximum atomic E-state index is 14.2. The van der Waals surface area contributed by atoms with Crippen LogP contribution in [0.3, 0.4) is 0 Å². The normalized spacial score (nSPS) is 15.3. The standard InChI is InChI=1S/C73H93N5O17S2.CO2.3O3S/c1-6-74-71(86)76-60(70(84)85)36-33-56(79)24-19-42-93-44-45-94-43-39-67(81)75-61(49-51-20-8-7-9-21-51)64(80)50-55(69(82)83)48-52-29-34-57(35-30-52)95-68-53(31-37-65-72(2,3)58-25-10-12-27-62(58)77(65)40-14-16-46-96(87,88)89)22-18-23-54(68)32-38-66-73(4,5)59-26-11-13-28-63(59)78(66)41-15-17-47-97(90,91)92;2-1-3;3*1-4(2)3/h7-13,20-21,25-32,34-35,37-38,55,60-61H,6,14-19,22-24,33,36,39-50H2,1-5H3,(H6-,74,75,76,81,82,83,84,85,86,87,88,89,90,91,92);;;;/t55-,60+,61+;;;;/m1..../s1. The summed E-state index contributed by atoms with van der Waals surface area (Å²) in [7, 11) is -17.9. The van der Waals surface area contributed by atoms with Gasteiger partial charge < -0.3 is 49.8 Å². The van der Waals surface area contributed by atoms with Crippen molar-refractivity contribution in [2.45, 2.75) is 154 Å². The third kappa shape index (κ3) is 35.6. The molecular weight excluding hydrogens is 1570 g/mol. The molecule has 3 atom stereocenters. The fraction of sp³-hybridized carbons (Fsp3) is 0.459. The van der Waals surface area contributed by atoms with Crippen molar-refractivity contribution in [3.63, 3.8) is 0 Å². The molecule has 7 rings (SSSR count). The van der Waals surface area contributed by atoms with Gasteiger partial charge in [0.1, 0.15) is 29.9 Å². The second-order valence-corrected chi connectivity index (χ2v) is 30.8. The van der Waals surface area contributed by atoms with Gasteiger partial charge in [-0.3, -0.25) is 23.7 Å². The molecule has 0 unspecified atom stereocenters. The first-order valence-corrected chi connectivity index (χ1v) is 41.4. The molecule has 0 saturated heterocycles. The van der Waals surface area contributed by atoms with E-state index in [4.69, 9.17) is 61.7 Å². The van der Waals surface area contributed by atoms with Crippen molar-refractivity contribution in [3.05, 3.63) is 172 Å².